The van der Waals surface area contributed by atoms with Crippen molar-refractivity contribution in [1.29, 1.82) is 0 Å². The highest BCUT2D eigenvalue weighted by molar-refractivity contribution is 6.28. The van der Waals surface area contributed by atoms with Crippen molar-refractivity contribution in [2.24, 2.45) is 0 Å². The first kappa shape index (κ1) is 17.0. The number of fused-ring (bicyclic) bond motifs is 1. The lowest BCUT2D eigenvalue weighted by molar-refractivity contribution is 0.414. The van der Waals surface area contributed by atoms with E-state index in [0.717, 1.165) is 41.1 Å². The van der Waals surface area contributed by atoms with Gasteiger partial charge >= 0.3 is 0 Å². The predicted molar refractivity (Wildman–Crippen MR) is 104 cm³/mol. The standard InChI is InChI=1S/C20H21ClN4O/c1-13-9-10-17(26-2)16(12-13)25(14-6-3-4-7-14)19-18-15(8-5-11-22-18)23-20(21)24-19/h5,8-12,14H,3-4,6-7H2,1-2H3. The molecule has 1 saturated carbocycles. The summed E-state index contributed by atoms with van der Waals surface area (Å²) in [6.45, 7) is 2.08. The lowest BCUT2D eigenvalue weighted by atomic mass is 10.1. The van der Waals surface area contributed by atoms with E-state index < -0.39 is 0 Å². The normalized spacial score (nSPS) is 14.7. The van der Waals surface area contributed by atoms with Crippen molar-refractivity contribution >= 4 is 34.1 Å². The Bertz CT molecular complexity index is 940. The molecule has 2 heterocycles. The number of methoxy groups -OCH3 is 1. The number of nitrogens with zero attached hydrogens (tertiary/aromatic N) is 4. The lowest BCUT2D eigenvalue weighted by Gasteiger charge is -2.32. The summed E-state index contributed by atoms with van der Waals surface area (Å²) < 4.78 is 5.67. The largest absolute Gasteiger partial charge is 0.495 e. The smallest absolute Gasteiger partial charge is 0.225 e. The Labute approximate surface area is 158 Å². The van der Waals surface area contributed by atoms with Crippen molar-refractivity contribution in [2.75, 3.05) is 12.0 Å². The van der Waals surface area contributed by atoms with E-state index in [1.165, 1.54) is 18.4 Å². The number of hydrogen-bond acceptors (Lipinski definition) is 5. The minimum atomic E-state index is 0.232. The molecule has 0 bridgehead atoms. The van der Waals surface area contributed by atoms with Gasteiger partial charge in [-0.3, -0.25) is 4.98 Å². The van der Waals surface area contributed by atoms with Gasteiger partial charge in [-0.05, 0) is 61.2 Å². The zero-order valence-electron chi connectivity index (χ0n) is 14.9. The third-order valence-corrected chi connectivity index (χ3v) is 5.09. The number of benzene rings is 1. The second kappa shape index (κ2) is 7.08. The van der Waals surface area contributed by atoms with Gasteiger partial charge in [0.15, 0.2) is 5.82 Å². The number of halogens is 1. The van der Waals surface area contributed by atoms with Gasteiger partial charge in [0.1, 0.15) is 11.3 Å². The summed E-state index contributed by atoms with van der Waals surface area (Å²) in [4.78, 5) is 15.7. The van der Waals surface area contributed by atoms with Crippen LogP contribution in [0.25, 0.3) is 11.0 Å². The molecule has 0 N–H and O–H groups in total. The van der Waals surface area contributed by atoms with Crippen LogP contribution in [0.2, 0.25) is 5.28 Å². The first-order valence-electron chi connectivity index (χ1n) is 8.89. The van der Waals surface area contributed by atoms with Crippen molar-refractivity contribution in [3.63, 3.8) is 0 Å². The van der Waals surface area contributed by atoms with Crippen LogP contribution in [0.5, 0.6) is 5.75 Å². The maximum atomic E-state index is 6.26. The molecule has 134 valence electrons. The third kappa shape index (κ3) is 3.07. The van der Waals surface area contributed by atoms with Crippen LogP contribution >= 0.6 is 11.6 Å². The van der Waals surface area contributed by atoms with E-state index in [0.29, 0.717) is 6.04 Å². The summed E-state index contributed by atoms with van der Waals surface area (Å²) in [7, 11) is 1.70. The fraction of sp³-hybridized carbons (Fsp3) is 0.350. The van der Waals surface area contributed by atoms with Gasteiger partial charge in [0.05, 0.1) is 18.3 Å². The van der Waals surface area contributed by atoms with E-state index in [1.807, 2.05) is 18.2 Å². The Morgan fingerprint density at radius 2 is 1.96 bits per heavy atom. The monoisotopic (exact) mass is 368 g/mol. The molecule has 26 heavy (non-hydrogen) atoms. The number of anilines is 2. The fourth-order valence-electron chi connectivity index (χ4n) is 3.73. The molecule has 1 aromatic carbocycles. The van der Waals surface area contributed by atoms with Gasteiger partial charge in [0.25, 0.3) is 0 Å². The zero-order valence-corrected chi connectivity index (χ0v) is 15.7. The number of aromatic nitrogens is 3. The van der Waals surface area contributed by atoms with Crippen molar-refractivity contribution in [1.82, 2.24) is 15.0 Å². The summed E-state index contributed by atoms with van der Waals surface area (Å²) in [6.07, 6.45) is 6.39. The van der Waals surface area contributed by atoms with E-state index in [1.54, 1.807) is 13.3 Å². The molecule has 1 fully saturated rings. The summed E-state index contributed by atoms with van der Waals surface area (Å²) in [5.74, 6) is 1.57. The molecule has 2 aromatic heterocycles. The van der Waals surface area contributed by atoms with Crippen molar-refractivity contribution in [3.05, 3.63) is 47.4 Å². The van der Waals surface area contributed by atoms with Crippen LogP contribution in [0.1, 0.15) is 31.2 Å². The molecule has 0 saturated heterocycles. The summed E-state index contributed by atoms with van der Waals surface area (Å²) in [5.41, 5.74) is 3.67. The minimum absolute atomic E-state index is 0.232. The molecule has 0 spiro atoms. The maximum Gasteiger partial charge on any atom is 0.225 e. The predicted octanol–water partition coefficient (Wildman–Crippen LogP) is 5.08. The SMILES string of the molecule is COc1ccc(C)cc1N(c1nc(Cl)nc2cccnc12)C1CCCC1. The molecular weight excluding hydrogens is 348 g/mol. The second-order valence-electron chi connectivity index (χ2n) is 6.67. The van der Waals surface area contributed by atoms with Crippen LogP contribution in [-0.4, -0.2) is 28.1 Å². The van der Waals surface area contributed by atoms with E-state index in [4.69, 9.17) is 16.3 Å². The van der Waals surface area contributed by atoms with Gasteiger partial charge in [-0.25, -0.2) is 4.98 Å². The van der Waals surface area contributed by atoms with Gasteiger partial charge in [-0.2, -0.15) is 4.98 Å². The Morgan fingerprint density at radius 3 is 2.73 bits per heavy atom. The van der Waals surface area contributed by atoms with Crippen LogP contribution in [0, 0.1) is 6.92 Å². The average Bonchev–Trinajstić information content (AvgIpc) is 3.16. The van der Waals surface area contributed by atoms with Crippen LogP contribution in [0.15, 0.2) is 36.5 Å². The van der Waals surface area contributed by atoms with Crippen molar-refractivity contribution in [2.45, 2.75) is 38.6 Å². The Balaban J connectivity index is 1.97. The lowest BCUT2D eigenvalue weighted by Crippen LogP contribution is -2.30. The van der Waals surface area contributed by atoms with Crippen LogP contribution < -0.4 is 9.64 Å². The van der Waals surface area contributed by atoms with E-state index in [9.17, 15) is 0 Å². The van der Waals surface area contributed by atoms with E-state index in [-0.39, 0.29) is 5.28 Å². The van der Waals surface area contributed by atoms with Gasteiger partial charge in [-0.15, -0.1) is 0 Å². The van der Waals surface area contributed by atoms with E-state index in [2.05, 4.69) is 38.9 Å². The Morgan fingerprint density at radius 1 is 1.15 bits per heavy atom. The summed E-state index contributed by atoms with van der Waals surface area (Å²) in [6, 6.07) is 10.3. The first-order chi connectivity index (χ1) is 12.7. The van der Waals surface area contributed by atoms with Crippen LogP contribution in [0.3, 0.4) is 0 Å². The molecule has 0 atom stereocenters. The molecule has 6 heteroatoms. The highest BCUT2D eigenvalue weighted by Gasteiger charge is 2.29. The Hall–Kier alpha value is -2.40. The molecule has 1 aliphatic carbocycles. The topological polar surface area (TPSA) is 51.1 Å². The van der Waals surface area contributed by atoms with E-state index >= 15 is 0 Å². The zero-order chi connectivity index (χ0) is 18.1. The van der Waals surface area contributed by atoms with Gasteiger partial charge in [0, 0.05) is 12.2 Å². The molecule has 4 rings (SSSR count). The minimum Gasteiger partial charge on any atom is -0.495 e. The van der Waals surface area contributed by atoms with Gasteiger partial charge in [-0.1, -0.05) is 18.9 Å². The number of aryl methyl sites for hydroxylation is 1. The van der Waals surface area contributed by atoms with Crippen molar-refractivity contribution in [3.8, 4) is 5.75 Å². The molecule has 0 amide bonds. The number of hydrogen-bond donors (Lipinski definition) is 0. The third-order valence-electron chi connectivity index (χ3n) is 4.92. The molecule has 0 aliphatic heterocycles. The second-order valence-corrected chi connectivity index (χ2v) is 7.01. The number of ether oxygens (including phenoxy) is 1. The Kier molecular flexibility index (Phi) is 4.64. The van der Waals surface area contributed by atoms with Gasteiger partial charge in [0.2, 0.25) is 5.28 Å². The van der Waals surface area contributed by atoms with Crippen molar-refractivity contribution < 1.29 is 4.74 Å². The van der Waals surface area contributed by atoms with Gasteiger partial charge < -0.3 is 9.64 Å². The highest BCUT2D eigenvalue weighted by Crippen LogP contribution is 2.41. The number of pyridine rings is 1. The summed E-state index contributed by atoms with van der Waals surface area (Å²) in [5, 5.41) is 0.232. The molecule has 3 aromatic rings. The molecule has 5 nitrogen and oxygen atoms in total. The molecule has 0 radical (unpaired) electrons. The fourth-order valence-corrected chi connectivity index (χ4v) is 3.90. The maximum absolute atomic E-state index is 6.26. The highest BCUT2D eigenvalue weighted by atomic mass is 35.5. The number of rotatable bonds is 4. The quantitative estimate of drug-likeness (QED) is 0.601. The van der Waals surface area contributed by atoms with Crippen LogP contribution in [0.4, 0.5) is 11.5 Å². The molecule has 1 aliphatic rings. The van der Waals surface area contributed by atoms with Crippen LogP contribution in [-0.2, 0) is 0 Å². The molecular formula is C20H21ClN4O. The molecule has 0 unspecified atom stereocenters. The summed E-state index contributed by atoms with van der Waals surface area (Å²) >= 11 is 6.26. The first-order valence-corrected chi connectivity index (χ1v) is 9.27. The average molecular weight is 369 g/mol.